The summed E-state index contributed by atoms with van der Waals surface area (Å²) in [5, 5.41) is 5.02. The lowest BCUT2D eigenvalue weighted by Gasteiger charge is -2.09. The van der Waals surface area contributed by atoms with E-state index in [9.17, 15) is 9.59 Å². The number of halogens is 1. The molecule has 0 aliphatic rings. The molecule has 0 saturated heterocycles. The zero-order valence-corrected chi connectivity index (χ0v) is 13.9. The molecule has 112 valence electrons. The van der Waals surface area contributed by atoms with E-state index in [2.05, 4.69) is 15.6 Å². The van der Waals surface area contributed by atoms with E-state index in [0.717, 1.165) is 14.6 Å². The van der Waals surface area contributed by atoms with Crippen molar-refractivity contribution in [3.05, 3.63) is 23.2 Å². The van der Waals surface area contributed by atoms with Crippen molar-refractivity contribution < 1.29 is 9.59 Å². The predicted octanol–water partition coefficient (Wildman–Crippen LogP) is 3.28. The minimum Gasteiger partial charge on any atom is -0.338 e. The minimum absolute atomic E-state index is 0.344. The van der Waals surface area contributed by atoms with E-state index in [1.165, 1.54) is 23.1 Å². The van der Waals surface area contributed by atoms with Gasteiger partial charge in [-0.25, -0.2) is 9.78 Å². The molecule has 0 fully saturated rings. The van der Waals surface area contributed by atoms with Crippen molar-refractivity contribution >= 4 is 56.9 Å². The van der Waals surface area contributed by atoms with Gasteiger partial charge in [0.2, 0.25) is 5.91 Å². The third kappa shape index (κ3) is 4.33. The zero-order chi connectivity index (χ0) is 15.4. The molecule has 2 aromatic rings. The van der Waals surface area contributed by atoms with Gasteiger partial charge in [-0.2, -0.15) is 0 Å². The number of carbonyl (C=O) groups excluding carboxylic acids is 2. The summed E-state index contributed by atoms with van der Waals surface area (Å²) in [5.74, 6) is -0.344. The molecule has 0 aliphatic heterocycles. The maximum atomic E-state index is 11.9. The van der Waals surface area contributed by atoms with Crippen molar-refractivity contribution in [2.24, 2.45) is 0 Å². The molecule has 0 saturated carbocycles. The van der Waals surface area contributed by atoms with Crippen LogP contribution < -0.4 is 10.6 Å². The van der Waals surface area contributed by atoms with Crippen LogP contribution in [0.4, 0.5) is 4.79 Å². The van der Waals surface area contributed by atoms with Crippen LogP contribution in [0.3, 0.4) is 0 Å². The molecule has 2 N–H and O–H groups in total. The summed E-state index contributed by atoms with van der Waals surface area (Å²) in [6.07, 6.45) is 0. The number of fused-ring (bicyclic) bond motifs is 1. The summed E-state index contributed by atoms with van der Waals surface area (Å²) >= 11 is 8.73. The fourth-order valence-corrected chi connectivity index (χ4v) is 3.91. The number of thioether (sulfide) groups is 1. The highest BCUT2D eigenvalue weighted by atomic mass is 35.5. The van der Waals surface area contributed by atoms with Crippen LogP contribution in [-0.2, 0) is 4.79 Å². The summed E-state index contributed by atoms with van der Waals surface area (Å²) in [4.78, 5) is 27.6. The molecule has 1 aromatic heterocycles. The fourth-order valence-electron chi connectivity index (χ4n) is 1.55. The van der Waals surface area contributed by atoms with Gasteiger partial charge in [-0.1, -0.05) is 23.4 Å². The third-order valence-electron chi connectivity index (χ3n) is 2.55. The average Bonchev–Trinajstić information content (AvgIpc) is 2.80. The van der Waals surface area contributed by atoms with Crippen LogP contribution in [0.1, 0.15) is 13.8 Å². The highest BCUT2D eigenvalue weighted by Gasteiger charge is 2.18. The number of benzene rings is 1. The summed E-state index contributed by atoms with van der Waals surface area (Å²) < 4.78 is 1.78. The fraction of sp³-hybridized carbons (Fsp3) is 0.308. The van der Waals surface area contributed by atoms with Crippen LogP contribution in [0, 0.1) is 0 Å². The Labute approximate surface area is 135 Å². The summed E-state index contributed by atoms with van der Waals surface area (Å²) in [6.45, 7) is 3.99. The van der Waals surface area contributed by atoms with Crippen LogP contribution in [-0.4, -0.2) is 28.7 Å². The molecular weight excluding hydrogens is 330 g/mol. The van der Waals surface area contributed by atoms with Crippen molar-refractivity contribution in [3.8, 4) is 0 Å². The molecule has 0 bridgehead atoms. The van der Waals surface area contributed by atoms with Crippen LogP contribution in [0.25, 0.3) is 10.2 Å². The van der Waals surface area contributed by atoms with Gasteiger partial charge in [0.1, 0.15) is 0 Å². The monoisotopic (exact) mass is 343 g/mol. The first-order chi connectivity index (χ1) is 9.99. The number of aromatic nitrogens is 1. The third-order valence-corrected chi connectivity index (χ3v) is 5.02. The van der Waals surface area contributed by atoms with Crippen molar-refractivity contribution in [1.82, 2.24) is 15.6 Å². The average molecular weight is 344 g/mol. The molecule has 1 heterocycles. The van der Waals surface area contributed by atoms with Gasteiger partial charge >= 0.3 is 6.03 Å². The summed E-state index contributed by atoms with van der Waals surface area (Å²) in [5.41, 5.74) is 0.811. The standard InChI is InChI=1S/C13H14ClN3O2S2/c1-3-15-12(19)17-11(18)7(2)20-13-16-9-6-8(14)4-5-10(9)21-13/h4-7H,3H2,1-2H3,(H2,15,17,18,19). The largest absolute Gasteiger partial charge is 0.338 e. The SMILES string of the molecule is CCNC(=O)NC(=O)C(C)Sc1nc2cc(Cl)ccc2s1. The lowest BCUT2D eigenvalue weighted by atomic mass is 10.3. The number of nitrogens with one attached hydrogen (secondary N) is 2. The first-order valence-corrected chi connectivity index (χ1v) is 8.38. The second-order valence-corrected chi connectivity index (χ2v) is 7.26. The van der Waals surface area contributed by atoms with E-state index in [4.69, 9.17) is 11.6 Å². The first kappa shape index (κ1) is 16.1. The maximum Gasteiger partial charge on any atom is 0.321 e. The number of carbonyl (C=O) groups is 2. The van der Waals surface area contributed by atoms with Crippen LogP contribution in [0.2, 0.25) is 5.02 Å². The van der Waals surface area contributed by atoms with Crippen LogP contribution >= 0.6 is 34.7 Å². The number of imide groups is 1. The van der Waals surface area contributed by atoms with Gasteiger partial charge in [0.25, 0.3) is 0 Å². The molecule has 21 heavy (non-hydrogen) atoms. The molecule has 1 unspecified atom stereocenters. The van der Waals surface area contributed by atoms with Crippen LogP contribution in [0.15, 0.2) is 22.5 Å². The Bertz CT molecular complexity index is 674. The van der Waals surface area contributed by atoms with Gasteiger partial charge in [0, 0.05) is 11.6 Å². The van der Waals surface area contributed by atoms with Crippen LogP contribution in [0.5, 0.6) is 0 Å². The highest BCUT2D eigenvalue weighted by Crippen LogP contribution is 2.33. The molecule has 5 nitrogen and oxygen atoms in total. The van der Waals surface area contributed by atoms with E-state index in [1.807, 2.05) is 12.1 Å². The van der Waals surface area contributed by atoms with E-state index in [1.54, 1.807) is 19.9 Å². The zero-order valence-electron chi connectivity index (χ0n) is 11.5. The van der Waals surface area contributed by atoms with E-state index in [-0.39, 0.29) is 5.91 Å². The van der Waals surface area contributed by atoms with Gasteiger partial charge in [0.15, 0.2) is 4.34 Å². The lowest BCUT2D eigenvalue weighted by Crippen LogP contribution is -2.42. The quantitative estimate of drug-likeness (QED) is 0.836. The number of amides is 3. The van der Waals surface area contributed by atoms with Gasteiger partial charge in [-0.05, 0) is 32.0 Å². The number of thiazole rings is 1. The minimum atomic E-state index is -0.481. The highest BCUT2D eigenvalue weighted by molar-refractivity contribution is 8.02. The van der Waals surface area contributed by atoms with E-state index >= 15 is 0 Å². The number of hydrogen-bond acceptors (Lipinski definition) is 5. The molecule has 0 aliphatic carbocycles. The number of urea groups is 1. The molecule has 3 amide bonds. The molecule has 8 heteroatoms. The molecule has 0 spiro atoms. The number of rotatable bonds is 4. The lowest BCUT2D eigenvalue weighted by molar-refractivity contribution is -0.119. The Kier molecular flexibility index (Phi) is 5.44. The Morgan fingerprint density at radius 2 is 2.24 bits per heavy atom. The van der Waals surface area contributed by atoms with Gasteiger partial charge in [0.05, 0.1) is 15.5 Å². The molecular formula is C13H14ClN3O2S2. The van der Waals surface area contributed by atoms with Crippen molar-refractivity contribution in [2.75, 3.05) is 6.54 Å². The van der Waals surface area contributed by atoms with Gasteiger partial charge in [-0.15, -0.1) is 11.3 Å². The first-order valence-electron chi connectivity index (χ1n) is 6.31. The number of nitrogens with zero attached hydrogens (tertiary/aromatic N) is 1. The second kappa shape index (κ2) is 7.11. The molecule has 2 rings (SSSR count). The van der Waals surface area contributed by atoms with Crippen molar-refractivity contribution in [1.29, 1.82) is 0 Å². The molecule has 1 atom stereocenters. The topological polar surface area (TPSA) is 71.1 Å². The van der Waals surface area contributed by atoms with E-state index < -0.39 is 11.3 Å². The normalized spacial score (nSPS) is 12.1. The Hall–Kier alpha value is -1.31. The van der Waals surface area contributed by atoms with Crippen molar-refractivity contribution in [3.63, 3.8) is 0 Å². The number of hydrogen-bond donors (Lipinski definition) is 2. The molecule has 1 aromatic carbocycles. The van der Waals surface area contributed by atoms with Gasteiger partial charge in [-0.3, -0.25) is 10.1 Å². The predicted molar refractivity (Wildman–Crippen MR) is 87.2 cm³/mol. The Morgan fingerprint density at radius 3 is 2.95 bits per heavy atom. The second-order valence-electron chi connectivity index (χ2n) is 4.20. The molecule has 0 radical (unpaired) electrons. The summed E-state index contributed by atoms with van der Waals surface area (Å²) in [6, 6.07) is 5.02. The maximum absolute atomic E-state index is 11.9. The Balaban J connectivity index is 2.02. The smallest absolute Gasteiger partial charge is 0.321 e. The van der Waals surface area contributed by atoms with E-state index in [0.29, 0.717) is 11.6 Å². The summed E-state index contributed by atoms with van der Waals surface area (Å²) in [7, 11) is 0. The van der Waals surface area contributed by atoms with Gasteiger partial charge < -0.3 is 5.32 Å². The Morgan fingerprint density at radius 1 is 1.48 bits per heavy atom. The van der Waals surface area contributed by atoms with Crippen molar-refractivity contribution in [2.45, 2.75) is 23.4 Å².